The number of anilines is 1. The molecule has 0 aliphatic carbocycles. The van der Waals surface area contributed by atoms with Crippen LogP contribution in [0.1, 0.15) is 35.6 Å². The first kappa shape index (κ1) is 17.7. The zero-order valence-corrected chi connectivity index (χ0v) is 16.0. The SMILES string of the molecule is Cc1cc(CC(=O)N2CCC(c3ccccc3)(c3csc(N)n3)CC2)on1. The van der Waals surface area contributed by atoms with E-state index in [1.54, 1.807) is 0 Å². The average Bonchev–Trinajstić information content (AvgIpc) is 3.31. The summed E-state index contributed by atoms with van der Waals surface area (Å²) < 4.78 is 5.19. The van der Waals surface area contributed by atoms with E-state index in [0.29, 0.717) is 24.0 Å². The lowest BCUT2D eigenvalue weighted by molar-refractivity contribution is -0.132. The van der Waals surface area contributed by atoms with E-state index in [4.69, 9.17) is 10.3 Å². The number of nitrogen functional groups attached to an aromatic ring is 1. The van der Waals surface area contributed by atoms with Gasteiger partial charge < -0.3 is 15.2 Å². The standard InChI is InChI=1S/C20H22N4O2S/c1-14-11-16(26-23-14)12-18(25)24-9-7-20(8-10-24,15-5-3-2-4-6-15)17-13-27-19(21)22-17/h2-6,11,13H,7-10,12H2,1H3,(H2,21,22). The first-order valence-corrected chi connectivity index (χ1v) is 9.92. The molecule has 6 nitrogen and oxygen atoms in total. The fraction of sp³-hybridized carbons (Fsp3) is 0.350. The molecule has 1 fully saturated rings. The summed E-state index contributed by atoms with van der Waals surface area (Å²) in [4.78, 5) is 19.2. The maximum absolute atomic E-state index is 12.7. The zero-order valence-electron chi connectivity index (χ0n) is 15.2. The lowest BCUT2D eigenvalue weighted by atomic mass is 9.70. The fourth-order valence-electron chi connectivity index (χ4n) is 3.86. The maximum Gasteiger partial charge on any atom is 0.230 e. The Balaban J connectivity index is 1.54. The van der Waals surface area contributed by atoms with Gasteiger partial charge in [-0.05, 0) is 25.3 Å². The van der Waals surface area contributed by atoms with Crippen molar-refractivity contribution in [2.75, 3.05) is 18.8 Å². The van der Waals surface area contributed by atoms with Gasteiger partial charge in [0.1, 0.15) is 5.76 Å². The number of likely N-dealkylation sites (tertiary alicyclic amines) is 1. The van der Waals surface area contributed by atoms with Crippen molar-refractivity contribution in [1.82, 2.24) is 15.0 Å². The second-order valence-electron chi connectivity index (χ2n) is 7.01. The zero-order chi connectivity index (χ0) is 18.9. The number of piperidine rings is 1. The van der Waals surface area contributed by atoms with Crippen molar-refractivity contribution in [3.05, 3.63) is 64.5 Å². The predicted molar refractivity (Wildman–Crippen MR) is 105 cm³/mol. The predicted octanol–water partition coefficient (Wildman–Crippen LogP) is 3.17. The molecule has 1 aromatic carbocycles. The van der Waals surface area contributed by atoms with E-state index in [9.17, 15) is 4.79 Å². The molecule has 4 rings (SSSR count). The fourth-order valence-corrected chi connectivity index (χ4v) is 4.52. The highest BCUT2D eigenvalue weighted by Gasteiger charge is 2.40. The van der Waals surface area contributed by atoms with Gasteiger partial charge in [-0.25, -0.2) is 4.98 Å². The molecule has 3 heterocycles. The van der Waals surface area contributed by atoms with E-state index >= 15 is 0 Å². The summed E-state index contributed by atoms with van der Waals surface area (Å²) in [5.41, 5.74) is 8.74. The molecule has 3 aromatic rings. The molecule has 1 aliphatic heterocycles. The van der Waals surface area contributed by atoms with Crippen molar-refractivity contribution in [2.45, 2.75) is 31.6 Å². The first-order chi connectivity index (χ1) is 13.1. The molecule has 0 spiro atoms. The van der Waals surface area contributed by atoms with Gasteiger partial charge >= 0.3 is 0 Å². The van der Waals surface area contributed by atoms with E-state index in [0.717, 1.165) is 24.2 Å². The second kappa shape index (κ2) is 7.15. The number of hydrogen-bond donors (Lipinski definition) is 1. The minimum atomic E-state index is -0.199. The van der Waals surface area contributed by atoms with Crippen molar-refractivity contribution in [1.29, 1.82) is 0 Å². The molecule has 2 aromatic heterocycles. The lowest BCUT2D eigenvalue weighted by Gasteiger charge is -2.41. The number of thiazole rings is 1. The Hall–Kier alpha value is -2.67. The van der Waals surface area contributed by atoms with E-state index < -0.39 is 0 Å². The Morgan fingerprint density at radius 3 is 2.63 bits per heavy atom. The molecule has 0 unspecified atom stereocenters. The van der Waals surface area contributed by atoms with Gasteiger partial charge in [-0.2, -0.15) is 0 Å². The van der Waals surface area contributed by atoms with E-state index in [1.165, 1.54) is 16.9 Å². The van der Waals surface area contributed by atoms with Crippen LogP contribution < -0.4 is 5.73 Å². The van der Waals surface area contributed by atoms with Gasteiger partial charge in [-0.1, -0.05) is 35.5 Å². The smallest absolute Gasteiger partial charge is 0.230 e. The summed E-state index contributed by atoms with van der Waals surface area (Å²) in [7, 11) is 0. The van der Waals surface area contributed by atoms with Crippen LogP contribution in [0.25, 0.3) is 0 Å². The van der Waals surface area contributed by atoms with Crippen LogP contribution in [-0.2, 0) is 16.6 Å². The third kappa shape index (κ3) is 3.47. The van der Waals surface area contributed by atoms with Crippen LogP contribution in [0.3, 0.4) is 0 Å². The molecule has 0 radical (unpaired) electrons. The van der Waals surface area contributed by atoms with Gasteiger partial charge in [0.05, 0.1) is 17.8 Å². The summed E-state index contributed by atoms with van der Waals surface area (Å²) >= 11 is 1.47. The first-order valence-electron chi connectivity index (χ1n) is 9.04. The third-order valence-electron chi connectivity index (χ3n) is 5.31. The van der Waals surface area contributed by atoms with E-state index in [2.05, 4.69) is 39.8 Å². The molecule has 27 heavy (non-hydrogen) atoms. The van der Waals surface area contributed by atoms with Crippen LogP contribution in [0.15, 0.2) is 46.3 Å². The van der Waals surface area contributed by atoms with Crippen LogP contribution in [0.2, 0.25) is 0 Å². The van der Waals surface area contributed by atoms with Crippen LogP contribution in [0.4, 0.5) is 5.13 Å². The maximum atomic E-state index is 12.7. The van der Waals surface area contributed by atoms with Crippen molar-refractivity contribution >= 4 is 22.4 Å². The monoisotopic (exact) mass is 382 g/mol. The highest BCUT2D eigenvalue weighted by molar-refractivity contribution is 7.13. The van der Waals surface area contributed by atoms with Gasteiger partial charge in [0.25, 0.3) is 0 Å². The summed E-state index contributed by atoms with van der Waals surface area (Å²) in [5.74, 6) is 0.690. The summed E-state index contributed by atoms with van der Waals surface area (Å²) in [6, 6.07) is 12.2. The van der Waals surface area contributed by atoms with Crippen molar-refractivity contribution in [3.63, 3.8) is 0 Å². The van der Waals surface area contributed by atoms with Crippen LogP contribution in [0.5, 0.6) is 0 Å². The van der Waals surface area contributed by atoms with Gasteiger partial charge in [0, 0.05) is 30.0 Å². The van der Waals surface area contributed by atoms with Gasteiger partial charge in [0.15, 0.2) is 5.13 Å². The van der Waals surface area contributed by atoms with Gasteiger partial charge in [0.2, 0.25) is 5.91 Å². The molecule has 1 amide bonds. The number of amides is 1. The highest BCUT2D eigenvalue weighted by Crippen LogP contribution is 2.42. The Morgan fingerprint density at radius 2 is 2.04 bits per heavy atom. The lowest BCUT2D eigenvalue weighted by Crippen LogP contribution is -2.46. The Morgan fingerprint density at radius 1 is 1.30 bits per heavy atom. The molecule has 0 bridgehead atoms. The molecular formula is C20H22N4O2S. The Labute approximate surface area is 162 Å². The molecule has 1 saturated heterocycles. The number of benzene rings is 1. The summed E-state index contributed by atoms with van der Waals surface area (Å²) in [5, 5.41) is 6.49. The average molecular weight is 382 g/mol. The third-order valence-corrected chi connectivity index (χ3v) is 5.98. The van der Waals surface area contributed by atoms with Gasteiger partial charge in [-0.3, -0.25) is 4.79 Å². The number of carbonyl (C=O) groups is 1. The number of hydrogen-bond acceptors (Lipinski definition) is 6. The van der Waals surface area contributed by atoms with Crippen LogP contribution >= 0.6 is 11.3 Å². The van der Waals surface area contributed by atoms with Crippen molar-refractivity contribution in [3.8, 4) is 0 Å². The normalized spacial score (nSPS) is 16.4. The number of nitrogens with zero attached hydrogens (tertiary/aromatic N) is 3. The van der Waals surface area contributed by atoms with E-state index in [-0.39, 0.29) is 17.7 Å². The Kier molecular flexibility index (Phi) is 4.70. The second-order valence-corrected chi connectivity index (χ2v) is 7.90. The van der Waals surface area contributed by atoms with Crippen molar-refractivity contribution in [2.24, 2.45) is 0 Å². The largest absolute Gasteiger partial charge is 0.375 e. The quantitative estimate of drug-likeness (QED) is 0.749. The summed E-state index contributed by atoms with van der Waals surface area (Å²) in [6.07, 6.45) is 1.89. The van der Waals surface area contributed by atoms with Gasteiger partial charge in [-0.15, -0.1) is 11.3 Å². The molecule has 0 atom stereocenters. The topological polar surface area (TPSA) is 85.2 Å². The highest BCUT2D eigenvalue weighted by atomic mass is 32.1. The van der Waals surface area contributed by atoms with Crippen LogP contribution in [-0.4, -0.2) is 34.0 Å². The number of rotatable bonds is 4. The number of carbonyl (C=O) groups excluding carboxylic acids is 1. The number of nitrogens with two attached hydrogens (primary N) is 1. The number of aromatic nitrogens is 2. The summed E-state index contributed by atoms with van der Waals surface area (Å²) in [6.45, 7) is 3.21. The molecule has 7 heteroatoms. The molecule has 140 valence electrons. The van der Waals surface area contributed by atoms with Crippen molar-refractivity contribution < 1.29 is 9.32 Å². The minimum Gasteiger partial charge on any atom is -0.375 e. The molecule has 1 aliphatic rings. The minimum absolute atomic E-state index is 0.0746. The Bertz CT molecular complexity index is 926. The molecule has 2 N–H and O–H groups in total. The van der Waals surface area contributed by atoms with Crippen LogP contribution in [0, 0.1) is 6.92 Å². The molecular weight excluding hydrogens is 360 g/mol. The molecule has 0 saturated carbocycles. The van der Waals surface area contributed by atoms with E-state index in [1.807, 2.05) is 24.0 Å². The number of aryl methyl sites for hydroxylation is 1.